The van der Waals surface area contributed by atoms with Crippen LogP contribution in [0.4, 0.5) is 11.4 Å². The van der Waals surface area contributed by atoms with Gasteiger partial charge in [-0.2, -0.15) is 0 Å². The number of hydrogen-bond acceptors (Lipinski definition) is 2. The Morgan fingerprint density at radius 1 is 0.688 bits per heavy atom. The van der Waals surface area contributed by atoms with E-state index >= 15 is 0 Å². The van der Waals surface area contributed by atoms with Gasteiger partial charge in [0.2, 0.25) is 0 Å². The van der Waals surface area contributed by atoms with Gasteiger partial charge in [-0.1, -0.05) is 95.8 Å². The maximum Gasteiger partial charge on any atom is 0.142 e. The summed E-state index contributed by atoms with van der Waals surface area (Å²) in [4.78, 5) is 7.35. The molecule has 0 aliphatic carbocycles. The summed E-state index contributed by atoms with van der Waals surface area (Å²) in [6, 6.07) is 35.5. The quantitative estimate of drug-likeness (QED) is 0.324. The van der Waals surface area contributed by atoms with Crippen molar-refractivity contribution in [2.45, 2.75) is 19.9 Å². The second-order valence-corrected chi connectivity index (χ2v) is 8.10. The Morgan fingerprint density at radius 3 is 2.03 bits per heavy atom. The highest BCUT2D eigenvalue weighted by Gasteiger charge is 2.30. The molecule has 2 heteroatoms. The van der Waals surface area contributed by atoms with Crippen molar-refractivity contribution in [2.24, 2.45) is 4.99 Å². The van der Waals surface area contributed by atoms with Gasteiger partial charge in [-0.15, -0.1) is 0 Å². The van der Waals surface area contributed by atoms with Gasteiger partial charge in [0.25, 0.3) is 0 Å². The number of para-hydroxylation sites is 2. The van der Waals surface area contributed by atoms with Crippen molar-refractivity contribution in [2.75, 3.05) is 4.90 Å². The third kappa shape index (κ3) is 3.94. The maximum atomic E-state index is 5.09. The van der Waals surface area contributed by atoms with Crippen molar-refractivity contribution in [3.63, 3.8) is 0 Å². The van der Waals surface area contributed by atoms with Crippen molar-refractivity contribution in [3.8, 4) is 11.8 Å². The summed E-state index contributed by atoms with van der Waals surface area (Å²) in [7, 11) is 0. The van der Waals surface area contributed by atoms with Crippen LogP contribution >= 0.6 is 0 Å². The lowest BCUT2D eigenvalue weighted by Crippen LogP contribution is -2.37. The number of anilines is 1. The molecule has 4 aromatic rings. The highest BCUT2D eigenvalue weighted by molar-refractivity contribution is 6.13. The highest BCUT2D eigenvalue weighted by atomic mass is 15.2. The van der Waals surface area contributed by atoms with Gasteiger partial charge in [-0.25, -0.2) is 4.99 Å². The van der Waals surface area contributed by atoms with Gasteiger partial charge >= 0.3 is 0 Å². The summed E-state index contributed by atoms with van der Waals surface area (Å²) in [5, 5.41) is 0. The van der Waals surface area contributed by atoms with E-state index in [9.17, 15) is 0 Å². The fraction of sp³-hybridized carbons (Fsp3) is 0.100. The second kappa shape index (κ2) is 8.57. The van der Waals surface area contributed by atoms with Crippen LogP contribution in [-0.2, 0) is 0 Å². The van der Waals surface area contributed by atoms with Gasteiger partial charge in [-0.05, 0) is 44.2 Å². The molecule has 1 heterocycles. The summed E-state index contributed by atoms with van der Waals surface area (Å²) >= 11 is 0. The van der Waals surface area contributed by atoms with Crippen LogP contribution < -0.4 is 4.90 Å². The number of aliphatic imine (C=N–C) groups is 1. The zero-order chi connectivity index (χ0) is 21.9. The number of fused-ring (bicyclic) bond motifs is 1. The molecule has 0 fully saturated rings. The minimum Gasteiger partial charge on any atom is -0.307 e. The van der Waals surface area contributed by atoms with Crippen LogP contribution in [0.25, 0.3) is 0 Å². The van der Waals surface area contributed by atoms with E-state index in [2.05, 4.69) is 122 Å². The standard InChI is InChI=1S/C30H24N2/c1-22-12-16-24(17-13-22)18-21-29-27-10-6-7-11-28(27)31-30(25-19-14-23(2)15-20-25)32(29)26-8-4-3-5-9-26/h3-17,19-20,29H,1-2H3. The number of benzene rings is 4. The summed E-state index contributed by atoms with van der Waals surface area (Å²) in [5.41, 5.74) is 7.72. The normalized spacial score (nSPS) is 14.8. The Balaban J connectivity index is 1.70. The molecule has 0 aromatic heterocycles. The SMILES string of the molecule is Cc1ccc(C#CC2c3ccccc3N=C(c3ccc(C)cc3)N2c2ccccc2)cc1. The van der Waals surface area contributed by atoms with Crippen LogP contribution in [0.2, 0.25) is 0 Å². The average molecular weight is 413 g/mol. The average Bonchev–Trinajstić information content (AvgIpc) is 2.84. The summed E-state index contributed by atoms with van der Waals surface area (Å²) in [6.45, 7) is 4.20. The van der Waals surface area contributed by atoms with Crippen LogP contribution in [0.3, 0.4) is 0 Å². The van der Waals surface area contributed by atoms with Crippen molar-refractivity contribution in [1.82, 2.24) is 0 Å². The van der Waals surface area contributed by atoms with Crippen LogP contribution in [0.5, 0.6) is 0 Å². The smallest absolute Gasteiger partial charge is 0.142 e. The highest BCUT2D eigenvalue weighted by Crippen LogP contribution is 2.39. The Kier molecular flexibility index (Phi) is 5.32. The second-order valence-electron chi connectivity index (χ2n) is 8.10. The Bertz CT molecular complexity index is 1320. The molecule has 4 aromatic carbocycles. The van der Waals surface area contributed by atoms with Gasteiger partial charge in [0.1, 0.15) is 11.9 Å². The van der Waals surface area contributed by atoms with E-state index in [1.165, 1.54) is 11.1 Å². The zero-order valence-electron chi connectivity index (χ0n) is 18.3. The summed E-state index contributed by atoms with van der Waals surface area (Å²) < 4.78 is 0. The monoisotopic (exact) mass is 412 g/mol. The number of hydrogen-bond donors (Lipinski definition) is 0. The molecular weight excluding hydrogens is 388 g/mol. The summed E-state index contributed by atoms with van der Waals surface area (Å²) in [6.07, 6.45) is 0. The van der Waals surface area contributed by atoms with E-state index in [4.69, 9.17) is 4.99 Å². The van der Waals surface area contributed by atoms with E-state index in [1.54, 1.807) is 0 Å². The molecule has 5 rings (SSSR count). The molecule has 0 amide bonds. The molecule has 0 spiro atoms. The molecule has 0 saturated carbocycles. The van der Waals surface area contributed by atoms with Crippen molar-refractivity contribution in [1.29, 1.82) is 0 Å². The fourth-order valence-corrected chi connectivity index (χ4v) is 3.95. The fourth-order valence-electron chi connectivity index (χ4n) is 3.95. The Labute approximate surface area is 189 Å². The zero-order valence-corrected chi connectivity index (χ0v) is 18.3. The molecule has 0 N–H and O–H groups in total. The minimum atomic E-state index is -0.149. The predicted octanol–water partition coefficient (Wildman–Crippen LogP) is 6.99. The van der Waals surface area contributed by atoms with Crippen molar-refractivity contribution in [3.05, 3.63) is 131 Å². The molecule has 32 heavy (non-hydrogen) atoms. The van der Waals surface area contributed by atoms with Crippen LogP contribution in [-0.4, -0.2) is 5.84 Å². The number of nitrogens with zero attached hydrogens (tertiary/aromatic N) is 2. The summed E-state index contributed by atoms with van der Waals surface area (Å²) in [5.74, 6) is 7.90. The van der Waals surface area contributed by atoms with E-state index < -0.39 is 0 Å². The Hall–Kier alpha value is -4.09. The first kappa shape index (κ1) is 19.8. The lowest BCUT2D eigenvalue weighted by Gasteiger charge is -2.36. The predicted molar refractivity (Wildman–Crippen MR) is 134 cm³/mol. The van der Waals surface area contributed by atoms with Crippen LogP contribution in [0, 0.1) is 25.7 Å². The molecular formula is C30H24N2. The van der Waals surface area contributed by atoms with E-state index in [-0.39, 0.29) is 6.04 Å². The molecule has 2 nitrogen and oxygen atoms in total. The topological polar surface area (TPSA) is 15.6 Å². The lowest BCUT2D eigenvalue weighted by molar-refractivity contribution is 0.882. The number of aryl methyl sites for hydroxylation is 2. The molecule has 0 radical (unpaired) electrons. The van der Waals surface area contributed by atoms with Crippen molar-refractivity contribution >= 4 is 17.2 Å². The largest absolute Gasteiger partial charge is 0.307 e. The number of amidine groups is 1. The molecule has 0 bridgehead atoms. The maximum absolute atomic E-state index is 5.09. The van der Waals surface area contributed by atoms with Crippen LogP contribution in [0.1, 0.15) is 33.9 Å². The molecule has 154 valence electrons. The van der Waals surface area contributed by atoms with Gasteiger partial charge in [0, 0.05) is 22.4 Å². The Morgan fingerprint density at radius 2 is 1.31 bits per heavy atom. The first-order valence-electron chi connectivity index (χ1n) is 10.9. The van der Waals surface area contributed by atoms with Gasteiger partial charge in [-0.3, -0.25) is 0 Å². The van der Waals surface area contributed by atoms with Gasteiger partial charge in [0.15, 0.2) is 0 Å². The minimum absolute atomic E-state index is 0.149. The molecule has 1 unspecified atom stereocenters. The third-order valence-electron chi connectivity index (χ3n) is 5.69. The first-order chi connectivity index (χ1) is 15.7. The van der Waals surface area contributed by atoms with Gasteiger partial charge < -0.3 is 4.90 Å². The van der Waals surface area contributed by atoms with Crippen molar-refractivity contribution < 1.29 is 0 Å². The lowest BCUT2D eigenvalue weighted by atomic mass is 9.97. The van der Waals surface area contributed by atoms with E-state index in [0.29, 0.717) is 0 Å². The third-order valence-corrected chi connectivity index (χ3v) is 5.69. The van der Waals surface area contributed by atoms with Gasteiger partial charge in [0.05, 0.1) is 5.69 Å². The van der Waals surface area contributed by atoms with E-state index in [0.717, 1.165) is 33.9 Å². The number of rotatable bonds is 2. The van der Waals surface area contributed by atoms with Crippen LogP contribution in [0.15, 0.2) is 108 Å². The molecule has 1 aliphatic heterocycles. The van der Waals surface area contributed by atoms with E-state index in [1.807, 2.05) is 12.1 Å². The molecule has 1 aliphatic rings. The molecule has 1 atom stereocenters. The first-order valence-corrected chi connectivity index (χ1v) is 10.9. The molecule has 0 saturated heterocycles.